The van der Waals surface area contributed by atoms with Gasteiger partial charge in [-0.3, -0.25) is 9.59 Å². The number of benzene rings is 1. The van der Waals surface area contributed by atoms with E-state index < -0.39 is 5.91 Å². The molecule has 2 aromatic rings. The molecule has 2 amide bonds. The molecule has 1 atom stereocenters. The van der Waals surface area contributed by atoms with E-state index in [4.69, 9.17) is 5.73 Å². The Labute approximate surface area is 145 Å². The van der Waals surface area contributed by atoms with Gasteiger partial charge in [0.15, 0.2) is 0 Å². The molecule has 1 saturated carbocycles. The van der Waals surface area contributed by atoms with E-state index in [9.17, 15) is 9.59 Å². The van der Waals surface area contributed by atoms with Crippen LogP contribution in [0.15, 0.2) is 36.5 Å². The van der Waals surface area contributed by atoms with Crippen LogP contribution >= 0.6 is 0 Å². The van der Waals surface area contributed by atoms with Crippen molar-refractivity contribution in [1.29, 1.82) is 0 Å². The average Bonchev–Trinajstić information content (AvgIpc) is 3.08. The predicted molar refractivity (Wildman–Crippen MR) is 93.4 cm³/mol. The smallest absolute Gasteiger partial charge is 0.269 e. The lowest BCUT2D eigenvalue weighted by molar-refractivity contribution is -0.118. The Hall–Kier alpha value is -2.67. The number of carbonyl (C=O) groups excluding carboxylic acids is 2. The van der Waals surface area contributed by atoms with Gasteiger partial charge >= 0.3 is 0 Å². The molecule has 1 aliphatic heterocycles. The van der Waals surface area contributed by atoms with Crippen molar-refractivity contribution in [2.75, 3.05) is 18.4 Å². The van der Waals surface area contributed by atoms with Crippen molar-refractivity contribution in [2.24, 2.45) is 17.1 Å². The summed E-state index contributed by atoms with van der Waals surface area (Å²) in [6, 6.07) is 8.96. The fourth-order valence-electron chi connectivity index (χ4n) is 3.72. The highest BCUT2D eigenvalue weighted by molar-refractivity contribution is 5.95. The molecule has 2 aliphatic rings. The Morgan fingerprint density at radius 1 is 1.20 bits per heavy atom. The summed E-state index contributed by atoms with van der Waals surface area (Å²) in [6.45, 7) is 2.02. The lowest BCUT2D eigenvalue weighted by atomic mass is 9.92. The van der Waals surface area contributed by atoms with Gasteiger partial charge in [0.05, 0.1) is 5.69 Å². The van der Waals surface area contributed by atoms with E-state index in [-0.39, 0.29) is 22.9 Å². The van der Waals surface area contributed by atoms with Crippen molar-refractivity contribution in [3.63, 3.8) is 0 Å². The van der Waals surface area contributed by atoms with Crippen LogP contribution in [0.1, 0.15) is 29.8 Å². The molecule has 1 saturated heterocycles. The molecule has 1 aliphatic carbocycles. The van der Waals surface area contributed by atoms with E-state index in [1.165, 1.54) is 0 Å². The molecule has 1 aromatic heterocycles. The molecule has 0 bridgehead atoms. The van der Waals surface area contributed by atoms with Crippen LogP contribution in [0.4, 0.5) is 5.69 Å². The molecule has 7 nitrogen and oxygen atoms in total. The molecule has 25 heavy (non-hydrogen) atoms. The van der Waals surface area contributed by atoms with Crippen molar-refractivity contribution in [3.8, 4) is 5.69 Å². The van der Waals surface area contributed by atoms with Crippen molar-refractivity contribution in [1.82, 2.24) is 15.1 Å². The molecule has 1 spiro atoms. The van der Waals surface area contributed by atoms with E-state index in [0.717, 1.165) is 43.7 Å². The Kier molecular flexibility index (Phi) is 3.80. The van der Waals surface area contributed by atoms with Crippen LogP contribution in [0.25, 0.3) is 5.69 Å². The predicted octanol–water partition coefficient (Wildman–Crippen LogP) is 1.30. The Morgan fingerprint density at radius 3 is 2.56 bits per heavy atom. The van der Waals surface area contributed by atoms with E-state index in [2.05, 4.69) is 15.7 Å². The lowest BCUT2D eigenvalue weighted by Crippen LogP contribution is -2.31. The van der Waals surface area contributed by atoms with Gasteiger partial charge in [0.2, 0.25) is 5.91 Å². The highest BCUT2D eigenvalue weighted by Gasteiger charge is 2.57. The van der Waals surface area contributed by atoms with Crippen molar-refractivity contribution in [3.05, 3.63) is 42.2 Å². The zero-order valence-corrected chi connectivity index (χ0v) is 13.9. The maximum absolute atomic E-state index is 12.5. The average molecular weight is 339 g/mol. The summed E-state index contributed by atoms with van der Waals surface area (Å²) in [5.74, 6) is -0.304. The van der Waals surface area contributed by atoms with Gasteiger partial charge in [-0.15, -0.1) is 0 Å². The van der Waals surface area contributed by atoms with E-state index in [0.29, 0.717) is 0 Å². The number of primary amides is 1. The van der Waals surface area contributed by atoms with Crippen LogP contribution in [0.3, 0.4) is 0 Å². The number of hydrogen-bond donors (Lipinski definition) is 3. The number of nitrogens with one attached hydrogen (secondary N) is 2. The standard InChI is InChI=1S/C18H21N5O2/c19-16(24)15-5-10-23(22-15)13-3-1-12(2-4-13)21-17(25)14-11-18(14)6-8-20-9-7-18/h1-5,10,14,20H,6-9,11H2,(H2,19,24)(H,21,25). The first kappa shape index (κ1) is 15.8. The van der Waals surface area contributed by atoms with Crippen molar-refractivity contribution >= 4 is 17.5 Å². The number of nitrogens with zero attached hydrogens (tertiary/aromatic N) is 2. The maximum Gasteiger partial charge on any atom is 0.269 e. The van der Waals surface area contributed by atoms with Crippen molar-refractivity contribution in [2.45, 2.75) is 19.3 Å². The van der Waals surface area contributed by atoms with Gasteiger partial charge in [-0.2, -0.15) is 5.10 Å². The number of piperidine rings is 1. The molecule has 1 aromatic carbocycles. The van der Waals surface area contributed by atoms with Crippen LogP contribution in [0.5, 0.6) is 0 Å². The summed E-state index contributed by atoms with van der Waals surface area (Å²) in [5, 5.41) is 10.5. The second-order valence-electron chi connectivity index (χ2n) is 6.92. The number of hydrogen-bond acceptors (Lipinski definition) is 4. The van der Waals surface area contributed by atoms with E-state index >= 15 is 0 Å². The second kappa shape index (κ2) is 6.00. The van der Waals surface area contributed by atoms with E-state index in [1.807, 2.05) is 24.3 Å². The van der Waals surface area contributed by atoms with Crippen LogP contribution in [-0.4, -0.2) is 34.7 Å². The molecule has 4 N–H and O–H groups in total. The monoisotopic (exact) mass is 339 g/mol. The molecule has 1 unspecified atom stereocenters. The lowest BCUT2D eigenvalue weighted by Gasteiger charge is -2.23. The van der Waals surface area contributed by atoms with Gasteiger partial charge in [0, 0.05) is 17.8 Å². The zero-order valence-electron chi connectivity index (χ0n) is 13.9. The third-order valence-corrected chi connectivity index (χ3v) is 5.35. The first-order valence-electron chi connectivity index (χ1n) is 8.55. The molecular weight excluding hydrogens is 318 g/mol. The van der Waals surface area contributed by atoms with E-state index in [1.54, 1.807) is 16.9 Å². The third-order valence-electron chi connectivity index (χ3n) is 5.35. The third kappa shape index (κ3) is 3.02. The summed E-state index contributed by atoms with van der Waals surface area (Å²) in [5.41, 5.74) is 7.23. The summed E-state index contributed by atoms with van der Waals surface area (Å²) in [7, 11) is 0. The minimum Gasteiger partial charge on any atom is -0.364 e. The highest BCUT2D eigenvalue weighted by Crippen LogP contribution is 2.58. The summed E-state index contributed by atoms with van der Waals surface area (Å²) < 4.78 is 1.58. The van der Waals surface area contributed by atoms with Gasteiger partial charge in [-0.1, -0.05) is 0 Å². The minimum absolute atomic E-state index is 0.116. The number of anilines is 1. The number of aromatic nitrogens is 2. The minimum atomic E-state index is -0.557. The number of rotatable bonds is 4. The molecule has 7 heteroatoms. The van der Waals surface area contributed by atoms with Crippen molar-refractivity contribution < 1.29 is 9.59 Å². The Bertz CT molecular complexity index is 805. The second-order valence-corrected chi connectivity index (χ2v) is 6.92. The quantitative estimate of drug-likeness (QED) is 0.781. The van der Waals surface area contributed by atoms with Gasteiger partial charge in [0.1, 0.15) is 5.69 Å². The fraction of sp³-hybridized carbons (Fsp3) is 0.389. The number of nitrogens with two attached hydrogens (primary N) is 1. The summed E-state index contributed by atoms with van der Waals surface area (Å²) in [4.78, 5) is 23.6. The van der Waals surface area contributed by atoms with Gasteiger partial charge in [-0.05, 0) is 68.1 Å². The fourth-order valence-corrected chi connectivity index (χ4v) is 3.72. The SMILES string of the molecule is NC(=O)c1ccn(-c2ccc(NC(=O)C3CC34CCNCC4)cc2)n1. The van der Waals surface area contributed by atoms with Crippen LogP contribution < -0.4 is 16.4 Å². The highest BCUT2D eigenvalue weighted by atomic mass is 16.2. The molecular formula is C18H21N5O2. The first-order chi connectivity index (χ1) is 12.1. The normalized spacial score (nSPS) is 21.0. The largest absolute Gasteiger partial charge is 0.364 e. The van der Waals surface area contributed by atoms with Crippen LogP contribution in [0, 0.1) is 11.3 Å². The van der Waals surface area contributed by atoms with Crippen LogP contribution in [-0.2, 0) is 4.79 Å². The molecule has 2 fully saturated rings. The first-order valence-corrected chi connectivity index (χ1v) is 8.55. The van der Waals surface area contributed by atoms with Gasteiger partial charge in [0.25, 0.3) is 5.91 Å². The molecule has 2 heterocycles. The topological polar surface area (TPSA) is 102 Å². The molecule has 130 valence electrons. The summed E-state index contributed by atoms with van der Waals surface area (Å²) in [6.07, 6.45) is 4.86. The molecule has 4 rings (SSSR count). The van der Waals surface area contributed by atoms with Crippen LogP contribution in [0.2, 0.25) is 0 Å². The number of carbonyl (C=O) groups is 2. The zero-order chi connectivity index (χ0) is 17.4. The summed E-state index contributed by atoms with van der Waals surface area (Å²) >= 11 is 0. The Balaban J connectivity index is 1.40. The molecule has 0 radical (unpaired) electrons. The Morgan fingerprint density at radius 2 is 1.92 bits per heavy atom. The maximum atomic E-state index is 12.5. The van der Waals surface area contributed by atoms with Gasteiger partial charge < -0.3 is 16.4 Å². The number of amides is 2. The van der Waals surface area contributed by atoms with Gasteiger partial charge in [-0.25, -0.2) is 4.68 Å².